The van der Waals surface area contributed by atoms with Crippen LogP contribution >= 0.6 is 0 Å². The van der Waals surface area contributed by atoms with Crippen molar-refractivity contribution in [1.29, 1.82) is 0 Å². The van der Waals surface area contributed by atoms with Crippen molar-refractivity contribution < 1.29 is 4.79 Å². The van der Waals surface area contributed by atoms with E-state index in [4.69, 9.17) is 0 Å². The van der Waals surface area contributed by atoms with Gasteiger partial charge in [-0.2, -0.15) is 0 Å². The van der Waals surface area contributed by atoms with Crippen molar-refractivity contribution in [3.8, 4) is 0 Å². The SMILES string of the molecule is CCCN1CNCCC1c1nnc(CNc2cccc(C(=O)NCc3ncccc3C)c2)n1CCC. The molecule has 3 heterocycles. The van der Waals surface area contributed by atoms with Crippen LogP contribution in [0.4, 0.5) is 5.69 Å². The fourth-order valence-electron chi connectivity index (χ4n) is 4.68. The molecule has 1 aliphatic heterocycles. The van der Waals surface area contributed by atoms with Gasteiger partial charge in [-0.05, 0) is 69.1 Å². The number of nitrogens with zero attached hydrogens (tertiary/aromatic N) is 5. The van der Waals surface area contributed by atoms with E-state index in [0.717, 1.165) is 74.2 Å². The van der Waals surface area contributed by atoms with Crippen LogP contribution in [0.15, 0.2) is 42.6 Å². The van der Waals surface area contributed by atoms with Gasteiger partial charge in [0.1, 0.15) is 0 Å². The van der Waals surface area contributed by atoms with E-state index in [-0.39, 0.29) is 11.9 Å². The van der Waals surface area contributed by atoms with Gasteiger partial charge in [-0.1, -0.05) is 26.0 Å². The van der Waals surface area contributed by atoms with Crippen molar-refractivity contribution in [2.45, 2.75) is 65.7 Å². The van der Waals surface area contributed by atoms with E-state index < -0.39 is 0 Å². The Morgan fingerprint density at radius 1 is 1.11 bits per heavy atom. The highest BCUT2D eigenvalue weighted by Gasteiger charge is 2.28. The van der Waals surface area contributed by atoms with E-state index in [1.165, 1.54) is 0 Å². The molecule has 36 heavy (non-hydrogen) atoms. The number of pyridine rings is 1. The van der Waals surface area contributed by atoms with Gasteiger partial charge in [0, 0.05) is 30.7 Å². The fourth-order valence-corrected chi connectivity index (χ4v) is 4.68. The molecule has 3 aromatic rings. The number of aromatic nitrogens is 4. The summed E-state index contributed by atoms with van der Waals surface area (Å²) in [6, 6.07) is 11.7. The number of benzene rings is 1. The number of aryl methyl sites for hydroxylation is 1. The van der Waals surface area contributed by atoms with Crippen LogP contribution in [0.1, 0.15) is 72.4 Å². The highest BCUT2D eigenvalue weighted by molar-refractivity contribution is 5.95. The normalized spacial score (nSPS) is 16.1. The molecule has 1 fully saturated rings. The van der Waals surface area contributed by atoms with E-state index in [0.29, 0.717) is 18.7 Å². The number of hydrogen-bond donors (Lipinski definition) is 3. The summed E-state index contributed by atoms with van der Waals surface area (Å²) in [7, 11) is 0. The zero-order chi connectivity index (χ0) is 25.3. The first-order valence-electron chi connectivity index (χ1n) is 13.0. The molecule has 3 N–H and O–H groups in total. The molecule has 0 radical (unpaired) electrons. The molecular weight excluding hydrogens is 452 g/mol. The van der Waals surface area contributed by atoms with E-state index >= 15 is 0 Å². The van der Waals surface area contributed by atoms with Gasteiger partial charge < -0.3 is 20.5 Å². The second-order valence-electron chi connectivity index (χ2n) is 9.29. The largest absolute Gasteiger partial charge is 0.378 e. The molecule has 0 saturated carbocycles. The summed E-state index contributed by atoms with van der Waals surface area (Å²) >= 11 is 0. The van der Waals surface area contributed by atoms with Crippen molar-refractivity contribution >= 4 is 11.6 Å². The summed E-state index contributed by atoms with van der Waals surface area (Å²) < 4.78 is 2.28. The molecule has 1 amide bonds. The molecule has 1 unspecified atom stereocenters. The van der Waals surface area contributed by atoms with E-state index in [9.17, 15) is 4.79 Å². The van der Waals surface area contributed by atoms with Crippen molar-refractivity contribution in [3.63, 3.8) is 0 Å². The Labute approximate surface area is 213 Å². The quantitative estimate of drug-likeness (QED) is 0.377. The standard InChI is InChI=1S/C27H38N8O/c1-4-14-34-19-28-13-11-24(34)26-33-32-25(35(26)15-5-2)18-30-22-10-6-9-21(16-22)27(36)31-17-23-20(3)8-7-12-29-23/h6-10,12,16,24,28,30H,4-5,11,13-15,17-19H2,1-3H3,(H,31,36). The molecule has 192 valence electrons. The number of hydrogen-bond acceptors (Lipinski definition) is 7. The lowest BCUT2D eigenvalue weighted by atomic mass is 10.1. The highest BCUT2D eigenvalue weighted by Crippen LogP contribution is 2.26. The van der Waals surface area contributed by atoms with Gasteiger partial charge in [0.2, 0.25) is 0 Å². The van der Waals surface area contributed by atoms with Crippen LogP contribution in [-0.4, -0.2) is 50.3 Å². The Morgan fingerprint density at radius 2 is 1.97 bits per heavy atom. The van der Waals surface area contributed by atoms with Crippen molar-refractivity contribution in [1.82, 2.24) is 35.3 Å². The first-order chi connectivity index (χ1) is 17.6. The summed E-state index contributed by atoms with van der Waals surface area (Å²) in [4.78, 5) is 19.6. The van der Waals surface area contributed by atoms with Crippen molar-refractivity contribution in [3.05, 3.63) is 71.1 Å². The molecule has 1 saturated heterocycles. The van der Waals surface area contributed by atoms with Crippen LogP contribution in [0.2, 0.25) is 0 Å². The minimum atomic E-state index is -0.123. The summed E-state index contributed by atoms with van der Waals surface area (Å²) in [6.07, 6.45) is 4.90. The third-order valence-electron chi connectivity index (χ3n) is 6.57. The second kappa shape index (κ2) is 12.6. The Balaban J connectivity index is 1.42. The number of carbonyl (C=O) groups excluding carboxylic acids is 1. The zero-order valence-electron chi connectivity index (χ0n) is 21.6. The topological polar surface area (TPSA) is 100 Å². The number of rotatable bonds is 11. The monoisotopic (exact) mass is 490 g/mol. The molecule has 9 heteroatoms. The fraction of sp³-hybridized carbons (Fsp3) is 0.481. The third kappa shape index (κ3) is 6.27. The van der Waals surface area contributed by atoms with Gasteiger partial charge in [-0.25, -0.2) is 0 Å². The second-order valence-corrected chi connectivity index (χ2v) is 9.29. The Kier molecular flexibility index (Phi) is 9.02. The minimum Gasteiger partial charge on any atom is -0.378 e. The third-order valence-corrected chi connectivity index (χ3v) is 6.57. The van der Waals surface area contributed by atoms with E-state index in [1.807, 2.05) is 43.3 Å². The zero-order valence-corrected chi connectivity index (χ0v) is 21.6. The molecular formula is C27H38N8O. The van der Waals surface area contributed by atoms with Gasteiger partial charge in [0.15, 0.2) is 11.6 Å². The van der Waals surface area contributed by atoms with Crippen LogP contribution in [-0.2, 0) is 19.6 Å². The lowest BCUT2D eigenvalue weighted by Gasteiger charge is -2.35. The van der Waals surface area contributed by atoms with Crippen LogP contribution in [0, 0.1) is 6.92 Å². The smallest absolute Gasteiger partial charge is 0.251 e. The van der Waals surface area contributed by atoms with Crippen LogP contribution in [0.3, 0.4) is 0 Å². The lowest BCUT2D eigenvalue weighted by molar-refractivity contribution is 0.0950. The molecule has 1 aliphatic rings. The average Bonchev–Trinajstić information content (AvgIpc) is 3.30. The van der Waals surface area contributed by atoms with Crippen molar-refractivity contribution in [2.24, 2.45) is 0 Å². The Bertz CT molecular complexity index is 1140. The van der Waals surface area contributed by atoms with Gasteiger partial charge >= 0.3 is 0 Å². The molecule has 2 aromatic heterocycles. The molecule has 0 spiro atoms. The Morgan fingerprint density at radius 3 is 2.78 bits per heavy atom. The molecule has 1 atom stereocenters. The van der Waals surface area contributed by atoms with Gasteiger partial charge in [-0.3, -0.25) is 14.7 Å². The van der Waals surface area contributed by atoms with E-state index in [1.54, 1.807) is 6.20 Å². The number of amides is 1. The van der Waals surface area contributed by atoms with Crippen molar-refractivity contribution in [2.75, 3.05) is 25.1 Å². The van der Waals surface area contributed by atoms with Crippen LogP contribution in [0.25, 0.3) is 0 Å². The predicted octanol–water partition coefficient (Wildman–Crippen LogP) is 3.64. The first kappa shape index (κ1) is 25.8. The molecule has 1 aromatic carbocycles. The molecule has 0 bridgehead atoms. The number of anilines is 1. The maximum atomic E-state index is 12.8. The molecule has 9 nitrogen and oxygen atoms in total. The molecule has 4 rings (SSSR count). The van der Waals surface area contributed by atoms with Gasteiger partial charge in [-0.15, -0.1) is 10.2 Å². The predicted molar refractivity (Wildman–Crippen MR) is 141 cm³/mol. The summed E-state index contributed by atoms with van der Waals surface area (Å²) in [5, 5.41) is 19.1. The van der Waals surface area contributed by atoms with Gasteiger partial charge in [0.05, 0.1) is 24.8 Å². The summed E-state index contributed by atoms with van der Waals surface area (Å²) in [6.45, 7) is 11.1. The lowest BCUT2D eigenvalue weighted by Crippen LogP contribution is -2.45. The summed E-state index contributed by atoms with van der Waals surface area (Å²) in [5.74, 6) is 1.85. The maximum Gasteiger partial charge on any atom is 0.251 e. The molecule has 0 aliphatic carbocycles. The van der Waals surface area contributed by atoms with Crippen LogP contribution < -0.4 is 16.0 Å². The van der Waals surface area contributed by atoms with E-state index in [2.05, 4.69) is 54.4 Å². The Hall–Kier alpha value is -3.30. The van der Waals surface area contributed by atoms with Gasteiger partial charge in [0.25, 0.3) is 5.91 Å². The average molecular weight is 491 g/mol. The highest BCUT2D eigenvalue weighted by atomic mass is 16.1. The number of carbonyl (C=O) groups is 1. The number of nitrogens with one attached hydrogen (secondary N) is 3. The first-order valence-corrected chi connectivity index (χ1v) is 13.0. The summed E-state index contributed by atoms with van der Waals surface area (Å²) in [5.41, 5.74) is 3.41. The van der Waals surface area contributed by atoms with Crippen LogP contribution in [0.5, 0.6) is 0 Å². The maximum absolute atomic E-state index is 12.8. The minimum absolute atomic E-state index is 0.123.